The number of carbonyl (C=O) groups excluding carboxylic acids is 1. The highest BCUT2D eigenvalue weighted by Crippen LogP contribution is 2.28. The van der Waals surface area contributed by atoms with Crippen LogP contribution in [0.4, 0.5) is 0 Å². The molecule has 0 unspecified atom stereocenters. The van der Waals surface area contributed by atoms with Crippen molar-refractivity contribution < 1.29 is 9.53 Å². The number of carbonyl (C=O) groups is 1. The normalized spacial score (nSPS) is 10.8. The summed E-state index contributed by atoms with van der Waals surface area (Å²) in [5.74, 6) is 0.838. The lowest BCUT2D eigenvalue weighted by molar-refractivity contribution is -0.120. The van der Waals surface area contributed by atoms with Gasteiger partial charge in [0, 0.05) is 34.7 Å². The molecule has 29 heavy (non-hydrogen) atoms. The van der Waals surface area contributed by atoms with Gasteiger partial charge in [-0.25, -0.2) is 0 Å². The minimum Gasteiger partial charge on any atom is -0.490 e. The number of hydrogen-bond acceptors (Lipinski definition) is 2. The smallest absolute Gasteiger partial charge is 0.224 e. The van der Waals surface area contributed by atoms with Gasteiger partial charge in [-0.2, -0.15) is 0 Å². The Labute approximate surface area is 180 Å². The number of benzene rings is 2. The second-order valence-corrected chi connectivity index (χ2v) is 7.98. The molecule has 0 aliphatic rings. The Bertz CT molecular complexity index is 976. The van der Waals surface area contributed by atoms with E-state index in [1.54, 1.807) is 6.08 Å². The van der Waals surface area contributed by atoms with Gasteiger partial charge < -0.3 is 14.6 Å². The number of halogens is 1. The summed E-state index contributed by atoms with van der Waals surface area (Å²) in [5.41, 5.74) is 3.31. The molecule has 0 bridgehead atoms. The summed E-state index contributed by atoms with van der Waals surface area (Å²) in [7, 11) is 0. The third-order valence-electron chi connectivity index (χ3n) is 4.77. The van der Waals surface area contributed by atoms with Crippen molar-refractivity contribution in [1.29, 1.82) is 0 Å². The minimum atomic E-state index is 0.0542. The third-order valence-corrected chi connectivity index (χ3v) is 5.30. The maximum Gasteiger partial charge on any atom is 0.224 e. The summed E-state index contributed by atoms with van der Waals surface area (Å²) in [6, 6.07) is 14.4. The molecule has 3 rings (SSSR count). The van der Waals surface area contributed by atoms with Gasteiger partial charge in [0.1, 0.15) is 12.4 Å². The molecule has 4 nitrogen and oxygen atoms in total. The van der Waals surface area contributed by atoms with Crippen LogP contribution >= 0.6 is 15.9 Å². The van der Waals surface area contributed by atoms with Crippen molar-refractivity contribution in [2.75, 3.05) is 13.2 Å². The van der Waals surface area contributed by atoms with Gasteiger partial charge >= 0.3 is 0 Å². The van der Waals surface area contributed by atoms with E-state index >= 15 is 0 Å². The Morgan fingerprint density at radius 3 is 2.76 bits per heavy atom. The molecule has 1 heterocycles. The van der Waals surface area contributed by atoms with Gasteiger partial charge in [-0.15, -0.1) is 0 Å². The number of nitrogens with zero attached hydrogens (tertiary/aromatic N) is 1. The summed E-state index contributed by atoms with van der Waals surface area (Å²) in [5, 5.41) is 4.06. The molecule has 152 valence electrons. The lowest BCUT2D eigenvalue weighted by Gasteiger charge is -2.07. The molecule has 5 heteroatoms. The number of amides is 1. The number of nitrogens with one attached hydrogen (secondary N) is 1. The zero-order valence-electron chi connectivity index (χ0n) is 16.8. The number of ether oxygens (including phenoxy) is 1. The molecule has 0 spiro atoms. The summed E-state index contributed by atoms with van der Waals surface area (Å²) >= 11 is 3.48. The van der Waals surface area contributed by atoms with Crippen LogP contribution in [0.1, 0.15) is 30.9 Å². The van der Waals surface area contributed by atoms with Gasteiger partial charge in [-0.1, -0.05) is 54.1 Å². The van der Waals surface area contributed by atoms with Gasteiger partial charge in [0.05, 0.1) is 6.42 Å². The molecule has 0 aliphatic carbocycles. The molecule has 0 fully saturated rings. The molecule has 3 aromatic rings. The van der Waals surface area contributed by atoms with Crippen LogP contribution in [-0.2, 0) is 17.8 Å². The number of rotatable bonds is 10. The number of aromatic nitrogens is 1. The lowest BCUT2D eigenvalue weighted by atomic mass is 10.1. The summed E-state index contributed by atoms with van der Waals surface area (Å²) < 4.78 is 8.97. The van der Waals surface area contributed by atoms with Crippen molar-refractivity contribution in [2.24, 2.45) is 0 Å². The van der Waals surface area contributed by atoms with Crippen LogP contribution in [0.3, 0.4) is 0 Å². The largest absolute Gasteiger partial charge is 0.490 e. The molecule has 0 aliphatic heterocycles. The van der Waals surface area contributed by atoms with E-state index < -0.39 is 0 Å². The quantitative estimate of drug-likeness (QED) is 0.325. The fraction of sp³-hybridized carbons (Fsp3) is 0.292. The van der Waals surface area contributed by atoms with Crippen LogP contribution in [0, 0.1) is 0 Å². The average molecular weight is 455 g/mol. The van der Waals surface area contributed by atoms with Crippen molar-refractivity contribution in [3.63, 3.8) is 0 Å². The van der Waals surface area contributed by atoms with Crippen molar-refractivity contribution >= 4 is 32.7 Å². The molecular weight excluding hydrogens is 428 g/mol. The monoisotopic (exact) mass is 454 g/mol. The molecule has 0 saturated heterocycles. The predicted molar refractivity (Wildman–Crippen MR) is 122 cm³/mol. The van der Waals surface area contributed by atoms with Gasteiger partial charge in [-0.05, 0) is 47.9 Å². The lowest BCUT2D eigenvalue weighted by Crippen LogP contribution is -2.25. The van der Waals surface area contributed by atoms with Gasteiger partial charge in [0.2, 0.25) is 5.91 Å². The highest BCUT2D eigenvalue weighted by Gasteiger charge is 2.13. The fourth-order valence-electron chi connectivity index (χ4n) is 3.29. The molecule has 1 amide bonds. The fourth-order valence-corrected chi connectivity index (χ4v) is 3.56. The van der Waals surface area contributed by atoms with E-state index in [-0.39, 0.29) is 5.91 Å². The van der Waals surface area contributed by atoms with Crippen molar-refractivity contribution in [2.45, 2.75) is 32.7 Å². The Kier molecular flexibility index (Phi) is 7.53. The SMILES string of the molecule is C=CCOc1ccc2c(c1)c(CC(=O)NCCCC)cn2Cc1ccc(Br)cc1. The Morgan fingerprint density at radius 1 is 1.24 bits per heavy atom. The van der Waals surface area contributed by atoms with Crippen LogP contribution in [0.15, 0.2) is 65.8 Å². The molecule has 0 radical (unpaired) electrons. The topological polar surface area (TPSA) is 43.3 Å². The highest BCUT2D eigenvalue weighted by molar-refractivity contribution is 9.10. The van der Waals surface area contributed by atoms with Crippen LogP contribution in [-0.4, -0.2) is 23.6 Å². The van der Waals surface area contributed by atoms with E-state index in [1.165, 1.54) is 5.56 Å². The molecule has 0 saturated carbocycles. The minimum absolute atomic E-state index is 0.0542. The molecule has 2 aromatic carbocycles. The van der Waals surface area contributed by atoms with Crippen molar-refractivity contribution in [1.82, 2.24) is 9.88 Å². The summed E-state index contributed by atoms with van der Waals surface area (Å²) in [4.78, 5) is 12.4. The number of unbranched alkanes of at least 4 members (excludes halogenated alkanes) is 1. The van der Waals surface area contributed by atoms with Crippen LogP contribution < -0.4 is 10.1 Å². The van der Waals surface area contributed by atoms with E-state index in [4.69, 9.17) is 4.74 Å². The van der Waals surface area contributed by atoms with Crippen LogP contribution in [0.25, 0.3) is 10.9 Å². The average Bonchev–Trinajstić information content (AvgIpc) is 3.05. The first-order chi connectivity index (χ1) is 14.1. The van der Waals surface area contributed by atoms with Crippen LogP contribution in [0.5, 0.6) is 5.75 Å². The second kappa shape index (κ2) is 10.3. The third kappa shape index (κ3) is 5.73. The predicted octanol–water partition coefficient (Wildman–Crippen LogP) is 5.48. The Balaban J connectivity index is 1.90. The van der Waals surface area contributed by atoms with Gasteiger partial charge in [-0.3, -0.25) is 4.79 Å². The molecule has 0 atom stereocenters. The second-order valence-electron chi connectivity index (χ2n) is 7.07. The van der Waals surface area contributed by atoms with E-state index in [9.17, 15) is 4.79 Å². The van der Waals surface area contributed by atoms with E-state index in [2.05, 4.69) is 63.7 Å². The highest BCUT2D eigenvalue weighted by atomic mass is 79.9. The summed E-state index contributed by atoms with van der Waals surface area (Å²) in [6.45, 7) is 7.74. The van der Waals surface area contributed by atoms with E-state index in [0.717, 1.165) is 52.6 Å². The number of fused-ring (bicyclic) bond motifs is 1. The first-order valence-electron chi connectivity index (χ1n) is 9.97. The van der Waals surface area contributed by atoms with Crippen molar-refractivity contribution in [3.05, 3.63) is 76.9 Å². The molecular formula is C24H27BrN2O2. The first-order valence-corrected chi connectivity index (χ1v) is 10.8. The zero-order chi connectivity index (χ0) is 20.6. The van der Waals surface area contributed by atoms with E-state index in [0.29, 0.717) is 13.0 Å². The Morgan fingerprint density at radius 2 is 2.03 bits per heavy atom. The van der Waals surface area contributed by atoms with Gasteiger partial charge in [0.25, 0.3) is 0 Å². The Hall–Kier alpha value is -2.53. The molecule has 1 N–H and O–H groups in total. The maximum atomic E-state index is 12.4. The van der Waals surface area contributed by atoms with Crippen LogP contribution in [0.2, 0.25) is 0 Å². The van der Waals surface area contributed by atoms with E-state index in [1.807, 2.05) is 24.3 Å². The van der Waals surface area contributed by atoms with Crippen molar-refractivity contribution in [3.8, 4) is 5.75 Å². The first kappa shape index (κ1) is 21.2. The van der Waals surface area contributed by atoms with Gasteiger partial charge in [0.15, 0.2) is 0 Å². The maximum absolute atomic E-state index is 12.4. The zero-order valence-corrected chi connectivity index (χ0v) is 18.4. The standard InChI is InChI=1S/C24H27BrN2O2/c1-3-5-12-26-24(28)14-19-17-27(16-18-6-8-20(25)9-7-18)23-11-10-21(15-22(19)23)29-13-4-2/h4,6-11,15,17H,2-3,5,12-14,16H2,1H3,(H,26,28). The molecule has 1 aromatic heterocycles. The number of hydrogen-bond donors (Lipinski definition) is 1. The summed E-state index contributed by atoms with van der Waals surface area (Å²) in [6.07, 6.45) is 6.24.